The van der Waals surface area contributed by atoms with E-state index in [1.807, 2.05) is 35.6 Å². The van der Waals surface area contributed by atoms with E-state index in [0.717, 1.165) is 30.8 Å². The second-order valence-corrected chi connectivity index (χ2v) is 8.08. The van der Waals surface area contributed by atoms with Gasteiger partial charge in [0.1, 0.15) is 0 Å². The third-order valence-corrected chi connectivity index (χ3v) is 6.37. The maximum atomic E-state index is 12.7. The first-order chi connectivity index (χ1) is 12.6. The molecular formula is C20H23N3O2S. The van der Waals surface area contributed by atoms with Gasteiger partial charge in [0.2, 0.25) is 11.8 Å². The maximum Gasteiger partial charge on any atom is 0.228 e. The predicted octanol–water partition coefficient (Wildman–Crippen LogP) is 2.74. The summed E-state index contributed by atoms with van der Waals surface area (Å²) in [6.45, 7) is 4.72. The Morgan fingerprint density at radius 3 is 3.12 bits per heavy atom. The smallest absolute Gasteiger partial charge is 0.228 e. The number of para-hydroxylation sites is 1. The Morgan fingerprint density at radius 1 is 1.38 bits per heavy atom. The van der Waals surface area contributed by atoms with Crippen LogP contribution in [0.15, 0.2) is 35.7 Å². The first-order valence-electron chi connectivity index (χ1n) is 9.07. The number of carbonyl (C=O) groups excluding carboxylic acids is 2. The molecule has 2 aromatic rings. The highest BCUT2D eigenvalue weighted by Gasteiger charge is 2.31. The van der Waals surface area contributed by atoms with Crippen molar-refractivity contribution in [3.63, 3.8) is 0 Å². The zero-order chi connectivity index (χ0) is 18.1. The molecule has 2 amide bonds. The highest BCUT2D eigenvalue weighted by Crippen LogP contribution is 2.32. The van der Waals surface area contributed by atoms with Crippen molar-refractivity contribution in [2.45, 2.75) is 38.3 Å². The number of thiophene rings is 1. The standard InChI is InChI=1S/C20H23N3O2S/c1-13(23-8-6-18-14(12-23)7-9-26-18)11-21-20(25)16-10-19(24)22-17-5-3-2-4-15(16)17/h2-5,7,9,13,16H,6,8,10-12H2,1H3,(H,21,25)(H,22,24). The zero-order valence-electron chi connectivity index (χ0n) is 14.8. The molecule has 3 heterocycles. The Labute approximate surface area is 157 Å². The first-order valence-corrected chi connectivity index (χ1v) is 9.95. The van der Waals surface area contributed by atoms with Crippen LogP contribution >= 0.6 is 11.3 Å². The van der Waals surface area contributed by atoms with Gasteiger partial charge in [-0.05, 0) is 42.0 Å². The highest BCUT2D eigenvalue weighted by atomic mass is 32.1. The third kappa shape index (κ3) is 3.39. The molecule has 0 saturated heterocycles. The number of nitrogens with one attached hydrogen (secondary N) is 2. The van der Waals surface area contributed by atoms with Crippen molar-refractivity contribution in [3.05, 3.63) is 51.7 Å². The molecule has 0 saturated carbocycles. The van der Waals surface area contributed by atoms with Crippen LogP contribution in [-0.2, 0) is 22.6 Å². The van der Waals surface area contributed by atoms with E-state index < -0.39 is 5.92 Å². The van der Waals surface area contributed by atoms with Gasteiger partial charge in [-0.1, -0.05) is 18.2 Å². The number of carbonyl (C=O) groups is 2. The molecule has 0 radical (unpaired) electrons. The van der Waals surface area contributed by atoms with Crippen LogP contribution in [0.3, 0.4) is 0 Å². The van der Waals surface area contributed by atoms with E-state index in [2.05, 4.69) is 33.9 Å². The monoisotopic (exact) mass is 369 g/mol. The van der Waals surface area contributed by atoms with Crippen LogP contribution in [0.4, 0.5) is 5.69 Å². The fourth-order valence-electron chi connectivity index (χ4n) is 3.79. The molecule has 0 aliphatic carbocycles. The summed E-state index contributed by atoms with van der Waals surface area (Å²) in [7, 11) is 0. The Morgan fingerprint density at radius 2 is 2.23 bits per heavy atom. The summed E-state index contributed by atoms with van der Waals surface area (Å²) in [5.41, 5.74) is 3.06. The van der Waals surface area contributed by atoms with Gasteiger partial charge in [-0.15, -0.1) is 11.3 Å². The van der Waals surface area contributed by atoms with E-state index in [1.54, 1.807) is 0 Å². The minimum atomic E-state index is -0.406. The topological polar surface area (TPSA) is 61.4 Å². The molecule has 2 N–H and O–H groups in total. The Kier molecular flexibility index (Phi) is 4.78. The van der Waals surface area contributed by atoms with Crippen LogP contribution in [-0.4, -0.2) is 35.8 Å². The zero-order valence-corrected chi connectivity index (χ0v) is 15.6. The molecule has 0 bridgehead atoms. The van der Waals surface area contributed by atoms with Crippen molar-refractivity contribution in [1.82, 2.24) is 10.2 Å². The largest absolute Gasteiger partial charge is 0.354 e. The summed E-state index contributed by atoms with van der Waals surface area (Å²) in [6, 6.07) is 10.0. The fraction of sp³-hybridized carbons (Fsp3) is 0.400. The number of fused-ring (bicyclic) bond motifs is 2. The normalized spacial score (nSPS) is 20.7. The van der Waals surface area contributed by atoms with Gasteiger partial charge in [0.05, 0.1) is 5.92 Å². The summed E-state index contributed by atoms with van der Waals surface area (Å²) in [5.74, 6) is -0.567. The lowest BCUT2D eigenvalue weighted by molar-refractivity contribution is -0.126. The van der Waals surface area contributed by atoms with Gasteiger partial charge in [0, 0.05) is 42.7 Å². The summed E-state index contributed by atoms with van der Waals surface area (Å²) < 4.78 is 0. The van der Waals surface area contributed by atoms with E-state index in [4.69, 9.17) is 0 Å². The van der Waals surface area contributed by atoms with Crippen LogP contribution in [0.5, 0.6) is 0 Å². The average Bonchev–Trinajstić information content (AvgIpc) is 3.12. The van der Waals surface area contributed by atoms with Crippen LogP contribution in [0.25, 0.3) is 0 Å². The molecule has 2 aliphatic rings. The van der Waals surface area contributed by atoms with Crippen molar-refractivity contribution in [2.24, 2.45) is 0 Å². The van der Waals surface area contributed by atoms with Gasteiger partial charge in [-0.2, -0.15) is 0 Å². The molecule has 2 aliphatic heterocycles. The molecule has 0 spiro atoms. The second-order valence-electron chi connectivity index (χ2n) is 7.08. The van der Waals surface area contributed by atoms with Crippen molar-refractivity contribution in [1.29, 1.82) is 0 Å². The van der Waals surface area contributed by atoms with E-state index in [1.165, 1.54) is 10.4 Å². The molecule has 2 atom stereocenters. The lowest BCUT2D eigenvalue weighted by Crippen LogP contribution is -2.45. The second kappa shape index (κ2) is 7.21. The predicted molar refractivity (Wildman–Crippen MR) is 103 cm³/mol. The van der Waals surface area contributed by atoms with E-state index in [0.29, 0.717) is 6.54 Å². The molecule has 136 valence electrons. The molecule has 2 unspecified atom stereocenters. The van der Waals surface area contributed by atoms with Crippen molar-refractivity contribution in [3.8, 4) is 0 Å². The SMILES string of the molecule is CC(CNC(=O)C1CC(=O)Nc2ccccc21)N1CCc2sccc2C1. The van der Waals surface area contributed by atoms with Crippen LogP contribution in [0.1, 0.15) is 35.3 Å². The van der Waals surface area contributed by atoms with E-state index in [9.17, 15) is 9.59 Å². The summed E-state index contributed by atoms with van der Waals surface area (Å²) >= 11 is 1.84. The lowest BCUT2D eigenvalue weighted by Gasteiger charge is -2.33. The van der Waals surface area contributed by atoms with Gasteiger partial charge in [0.25, 0.3) is 0 Å². The molecule has 5 nitrogen and oxygen atoms in total. The average molecular weight is 369 g/mol. The number of hydrogen-bond acceptors (Lipinski definition) is 4. The number of rotatable bonds is 4. The van der Waals surface area contributed by atoms with Crippen molar-refractivity contribution < 1.29 is 9.59 Å². The highest BCUT2D eigenvalue weighted by molar-refractivity contribution is 7.10. The molecule has 0 fully saturated rings. The number of hydrogen-bond donors (Lipinski definition) is 2. The van der Waals surface area contributed by atoms with Gasteiger partial charge >= 0.3 is 0 Å². The number of amides is 2. The third-order valence-electron chi connectivity index (χ3n) is 5.35. The Balaban J connectivity index is 1.38. The summed E-state index contributed by atoms with van der Waals surface area (Å²) in [6.07, 6.45) is 1.29. The Hall–Kier alpha value is -2.18. The fourth-order valence-corrected chi connectivity index (χ4v) is 4.68. The quantitative estimate of drug-likeness (QED) is 0.871. The number of nitrogens with zero attached hydrogens (tertiary/aromatic N) is 1. The summed E-state index contributed by atoms with van der Waals surface area (Å²) in [5, 5.41) is 8.07. The van der Waals surface area contributed by atoms with E-state index >= 15 is 0 Å². The summed E-state index contributed by atoms with van der Waals surface area (Å²) in [4.78, 5) is 28.6. The molecule has 26 heavy (non-hydrogen) atoms. The molecule has 4 rings (SSSR count). The number of benzene rings is 1. The maximum absolute atomic E-state index is 12.7. The minimum Gasteiger partial charge on any atom is -0.354 e. The lowest BCUT2D eigenvalue weighted by atomic mass is 9.90. The molecule has 1 aromatic heterocycles. The van der Waals surface area contributed by atoms with Crippen LogP contribution in [0.2, 0.25) is 0 Å². The van der Waals surface area contributed by atoms with Crippen molar-refractivity contribution >= 4 is 28.8 Å². The minimum absolute atomic E-state index is 0.0626. The molecule has 6 heteroatoms. The van der Waals surface area contributed by atoms with Crippen molar-refractivity contribution in [2.75, 3.05) is 18.4 Å². The van der Waals surface area contributed by atoms with Crippen LogP contribution in [0, 0.1) is 0 Å². The molecule has 1 aromatic carbocycles. The van der Waals surface area contributed by atoms with Gasteiger partial charge < -0.3 is 10.6 Å². The van der Waals surface area contributed by atoms with Crippen LogP contribution < -0.4 is 10.6 Å². The van der Waals surface area contributed by atoms with Gasteiger partial charge in [-0.25, -0.2) is 0 Å². The molecular weight excluding hydrogens is 346 g/mol. The first kappa shape index (κ1) is 17.2. The van der Waals surface area contributed by atoms with Gasteiger partial charge in [-0.3, -0.25) is 14.5 Å². The number of anilines is 1. The van der Waals surface area contributed by atoms with E-state index in [-0.39, 0.29) is 24.3 Å². The van der Waals surface area contributed by atoms with Gasteiger partial charge in [0.15, 0.2) is 0 Å². The Bertz CT molecular complexity index is 832.